The second-order valence-electron chi connectivity index (χ2n) is 4.83. The number of fused-ring (bicyclic) bond motifs is 1. The molecule has 0 N–H and O–H groups in total. The monoisotopic (exact) mass is 266 g/mol. The minimum Gasteiger partial charge on any atom is -0.466 e. The van der Waals surface area contributed by atoms with Gasteiger partial charge < -0.3 is 4.74 Å². The first-order valence-corrected chi connectivity index (χ1v) is 6.33. The van der Waals surface area contributed by atoms with Crippen LogP contribution in [-0.2, 0) is 14.9 Å². The van der Waals surface area contributed by atoms with Crippen molar-refractivity contribution in [3.63, 3.8) is 0 Å². The summed E-state index contributed by atoms with van der Waals surface area (Å²) in [5.41, 5.74) is 1.06. The van der Waals surface area contributed by atoms with Crippen LogP contribution in [0.4, 0.5) is 0 Å². The van der Waals surface area contributed by atoms with Crippen molar-refractivity contribution in [2.24, 2.45) is 0 Å². The molecular formula is C14H15ClO3. The fourth-order valence-electron chi connectivity index (χ4n) is 2.51. The van der Waals surface area contributed by atoms with Crippen molar-refractivity contribution in [3.8, 4) is 0 Å². The molecule has 0 aromatic heterocycles. The molecule has 0 saturated carbocycles. The zero-order chi connectivity index (χ0) is 13.3. The molecule has 0 spiro atoms. The normalized spacial score (nSPS) is 21.8. The van der Waals surface area contributed by atoms with Crippen molar-refractivity contribution in [2.75, 3.05) is 6.61 Å². The molecule has 0 fully saturated rings. The van der Waals surface area contributed by atoms with Crippen LogP contribution in [0, 0.1) is 0 Å². The number of carbonyl (C=O) groups excluding carboxylic acids is 2. The summed E-state index contributed by atoms with van der Waals surface area (Å²) in [6.45, 7) is 4.05. The van der Waals surface area contributed by atoms with Gasteiger partial charge in [-0.1, -0.05) is 24.6 Å². The Bertz CT molecular complexity index is 510. The Hall–Kier alpha value is -1.35. The summed E-state index contributed by atoms with van der Waals surface area (Å²) in [6, 6.07) is 5.26. The van der Waals surface area contributed by atoms with E-state index in [-0.39, 0.29) is 18.2 Å². The lowest BCUT2D eigenvalue weighted by Crippen LogP contribution is -2.24. The number of hydrogen-bond donors (Lipinski definition) is 0. The van der Waals surface area contributed by atoms with Gasteiger partial charge in [-0.05, 0) is 24.6 Å². The van der Waals surface area contributed by atoms with Crippen LogP contribution >= 0.6 is 11.6 Å². The number of hydrogen-bond acceptors (Lipinski definition) is 3. The van der Waals surface area contributed by atoms with Gasteiger partial charge >= 0.3 is 5.97 Å². The Kier molecular flexibility index (Phi) is 3.44. The Morgan fingerprint density at radius 2 is 2.22 bits per heavy atom. The number of halogens is 1. The van der Waals surface area contributed by atoms with E-state index >= 15 is 0 Å². The molecule has 1 aromatic rings. The highest BCUT2D eigenvalue weighted by atomic mass is 35.5. The smallest absolute Gasteiger partial charge is 0.306 e. The summed E-state index contributed by atoms with van der Waals surface area (Å²) in [6.07, 6.45) is 0.558. The fraction of sp³-hybridized carbons (Fsp3) is 0.429. The Morgan fingerprint density at radius 3 is 2.89 bits per heavy atom. The quantitative estimate of drug-likeness (QED) is 0.790. The summed E-state index contributed by atoms with van der Waals surface area (Å²) < 4.78 is 4.97. The molecule has 1 aromatic carbocycles. The Morgan fingerprint density at radius 1 is 1.50 bits per heavy atom. The molecule has 18 heavy (non-hydrogen) atoms. The number of carbonyl (C=O) groups is 2. The van der Waals surface area contributed by atoms with E-state index in [1.165, 1.54) is 0 Å². The molecule has 3 nitrogen and oxygen atoms in total. The van der Waals surface area contributed by atoms with E-state index in [1.807, 2.05) is 13.0 Å². The average Bonchev–Trinajstić information content (AvgIpc) is 2.50. The lowest BCUT2D eigenvalue weighted by molar-refractivity contribution is -0.144. The third-order valence-corrected chi connectivity index (χ3v) is 3.56. The van der Waals surface area contributed by atoms with Gasteiger partial charge in [0.2, 0.25) is 0 Å². The first-order chi connectivity index (χ1) is 8.46. The largest absolute Gasteiger partial charge is 0.466 e. The van der Waals surface area contributed by atoms with Crippen molar-refractivity contribution in [3.05, 3.63) is 34.3 Å². The van der Waals surface area contributed by atoms with Gasteiger partial charge in [0.1, 0.15) is 0 Å². The fourth-order valence-corrected chi connectivity index (χ4v) is 2.68. The third kappa shape index (κ3) is 2.27. The van der Waals surface area contributed by atoms with Crippen LogP contribution in [0.2, 0.25) is 5.02 Å². The van der Waals surface area contributed by atoms with E-state index in [1.54, 1.807) is 19.1 Å². The van der Waals surface area contributed by atoms with Crippen LogP contribution in [0.5, 0.6) is 0 Å². The molecule has 0 amide bonds. The first kappa shape index (κ1) is 13.1. The van der Waals surface area contributed by atoms with E-state index in [0.29, 0.717) is 23.6 Å². The molecule has 0 unspecified atom stereocenters. The molecule has 0 heterocycles. The van der Waals surface area contributed by atoms with Crippen LogP contribution in [0.3, 0.4) is 0 Å². The van der Waals surface area contributed by atoms with Gasteiger partial charge in [-0.25, -0.2) is 0 Å². The van der Waals surface area contributed by atoms with Crippen LogP contribution in [0.1, 0.15) is 42.6 Å². The first-order valence-electron chi connectivity index (χ1n) is 5.95. The summed E-state index contributed by atoms with van der Waals surface area (Å²) in [5, 5.41) is 0.544. The summed E-state index contributed by atoms with van der Waals surface area (Å²) in [5.74, 6) is -0.227. The molecule has 0 aliphatic heterocycles. The van der Waals surface area contributed by atoms with Gasteiger partial charge in [0.15, 0.2) is 5.78 Å². The molecule has 1 atom stereocenters. The summed E-state index contributed by atoms with van der Waals surface area (Å²) >= 11 is 5.89. The van der Waals surface area contributed by atoms with Crippen molar-refractivity contribution < 1.29 is 14.3 Å². The standard InChI is InChI=1S/C14H15ClO3/c1-3-18-13(17)8-14(2)7-12(16)10-6-9(15)4-5-11(10)14/h4-6H,3,7-8H2,1-2H3/t14-/m1/s1. The molecule has 1 aliphatic carbocycles. The maximum absolute atomic E-state index is 12.0. The number of ether oxygens (including phenoxy) is 1. The Labute approximate surface area is 111 Å². The number of rotatable bonds is 3. The molecule has 0 bridgehead atoms. The van der Waals surface area contributed by atoms with Gasteiger partial charge in [-0.3, -0.25) is 9.59 Å². The van der Waals surface area contributed by atoms with E-state index in [2.05, 4.69) is 0 Å². The minimum absolute atomic E-state index is 0.0410. The minimum atomic E-state index is -0.469. The SMILES string of the molecule is CCOC(=O)C[C@@]1(C)CC(=O)c2cc(Cl)ccc21. The van der Waals surface area contributed by atoms with Crippen LogP contribution in [-0.4, -0.2) is 18.4 Å². The maximum Gasteiger partial charge on any atom is 0.306 e. The highest BCUT2D eigenvalue weighted by Gasteiger charge is 2.41. The summed E-state index contributed by atoms with van der Waals surface area (Å²) in [4.78, 5) is 23.6. The van der Waals surface area contributed by atoms with Gasteiger partial charge in [-0.2, -0.15) is 0 Å². The summed E-state index contributed by atoms with van der Waals surface area (Å²) in [7, 11) is 0. The zero-order valence-electron chi connectivity index (χ0n) is 10.5. The van der Waals surface area contributed by atoms with Gasteiger partial charge in [-0.15, -0.1) is 0 Å². The highest BCUT2D eigenvalue weighted by Crippen LogP contribution is 2.42. The molecule has 0 saturated heterocycles. The van der Waals surface area contributed by atoms with E-state index in [4.69, 9.17) is 16.3 Å². The number of ketones is 1. The lowest BCUT2D eigenvalue weighted by atomic mass is 9.81. The molecule has 1 aliphatic rings. The maximum atomic E-state index is 12.0. The van der Waals surface area contributed by atoms with E-state index < -0.39 is 5.41 Å². The molecule has 0 radical (unpaired) electrons. The van der Waals surface area contributed by atoms with Crippen molar-refractivity contribution >= 4 is 23.4 Å². The van der Waals surface area contributed by atoms with E-state index in [0.717, 1.165) is 5.56 Å². The third-order valence-electron chi connectivity index (χ3n) is 3.32. The van der Waals surface area contributed by atoms with Gasteiger partial charge in [0.25, 0.3) is 0 Å². The van der Waals surface area contributed by atoms with Gasteiger partial charge in [0, 0.05) is 22.4 Å². The second kappa shape index (κ2) is 4.73. The lowest BCUT2D eigenvalue weighted by Gasteiger charge is -2.23. The number of esters is 1. The van der Waals surface area contributed by atoms with Crippen LogP contribution < -0.4 is 0 Å². The van der Waals surface area contributed by atoms with E-state index in [9.17, 15) is 9.59 Å². The number of Topliss-reactive ketones (excluding diaryl/α,β-unsaturated/α-hetero) is 1. The molecule has 2 rings (SSSR count). The predicted molar refractivity (Wildman–Crippen MR) is 69.0 cm³/mol. The number of benzene rings is 1. The van der Waals surface area contributed by atoms with Crippen LogP contribution in [0.15, 0.2) is 18.2 Å². The van der Waals surface area contributed by atoms with Crippen LogP contribution in [0.25, 0.3) is 0 Å². The molecule has 4 heteroatoms. The van der Waals surface area contributed by atoms with Crippen molar-refractivity contribution in [1.82, 2.24) is 0 Å². The highest BCUT2D eigenvalue weighted by molar-refractivity contribution is 6.31. The van der Waals surface area contributed by atoms with Crippen molar-refractivity contribution in [2.45, 2.75) is 32.1 Å². The second-order valence-corrected chi connectivity index (χ2v) is 5.27. The average molecular weight is 267 g/mol. The zero-order valence-corrected chi connectivity index (χ0v) is 11.2. The van der Waals surface area contributed by atoms with Crippen molar-refractivity contribution in [1.29, 1.82) is 0 Å². The predicted octanol–water partition coefficient (Wildman–Crippen LogP) is 3.14. The topological polar surface area (TPSA) is 43.4 Å². The van der Waals surface area contributed by atoms with Gasteiger partial charge in [0.05, 0.1) is 13.0 Å². The Balaban J connectivity index is 2.33. The molecule has 96 valence electrons. The molecular weight excluding hydrogens is 252 g/mol.